The van der Waals surface area contributed by atoms with Crippen LogP contribution >= 0.6 is 35.0 Å². The Labute approximate surface area is 226 Å². The molecule has 1 N–H and O–H groups in total. The summed E-state index contributed by atoms with van der Waals surface area (Å²) in [5, 5.41) is 4.65. The van der Waals surface area contributed by atoms with Gasteiger partial charge in [0.15, 0.2) is 0 Å². The first kappa shape index (κ1) is 28.2. The van der Waals surface area contributed by atoms with Crippen LogP contribution in [0, 0.1) is 20.8 Å². The Morgan fingerprint density at radius 3 is 2.22 bits per heavy atom. The molecule has 3 aromatic carbocycles. The van der Waals surface area contributed by atoms with E-state index in [0.29, 0.717) is 26.7 Å². The average Bonchev–Trinajstić information content (AvgIpc) is 2.80. The zero-order chi connectivity index (χ0) is 26.5. The van der Waals surface area contributed by atoms with Gasteiger partial charge in [0.25, 0.3) is 5.91 Å². The second-order valence-electron chi connectivity index (χ2n) is 8.32. The van der Waals surface area contributed by atoms with Crippen LogP contribution in [0.3, 0.4) is 0 Å². The lowest BCUT2D eigenvalue weighted by Gasteiger charge is -2.24. The number of thioether (sulfide) groups is 1. The van der Waals surface area contributed by atoms with E-state index in [-0.39, 0.29) is 11.4 Å². The van der Waals surface area contributed by atoms with Crippen molar-refractivity contribution < 1.29 is 13.2 Å². The maximum atomic E-state index is 13.8. The van der Waals surface area contributed by atoms with Gasteiger partial charge in [-0.05, 0) is 73.5 Å². The van der Waals surface area contributed by atoms with Crippen molar-refractivity contribution >= 4 is 57.1 Å². The van der Waals surface area contributed by atoms with E-state index in [0.717, 1.165) is 20.3 Å². The van der Waals surface area contributed by atoms with Gasteiger partial charge in [-0.15, -0.1) is 11.8 Å². The van der Waals surface area contributed by atoms with E-state index in [1.54, 1.807) is 43.8 Å². The molecule has 0 unspecified atom stereocenters. The molecule has 0 saturated heterocycles. The second kappa shape index (κ2) is 12.3. The maximum Gasteiger partial charge on any atom is 0.255 e. The number of amides is 1. The summed E-state index contributed by atoms with van der Waals surface area (Å²) < 4.78 is 28.7. The van der Waals surface area contributed by atoms with Gasteiger partial charge in [-0.2, -0.15) is 9.41 Å². The first-order valence-corrected chi connectivity index (χ1v) is 14.4. The van der Waals surface area contributed by atoms with Crippen LogP contribution < -0.4 is 5.43 Å². The Bertz CT molecular complexity index is 1370. The molecular weight excluding hydrogens is 537 g/mol. The third-order valence-electron chi connectivity index (χ3n) is 5.38. The predicted molar refractivity (Wildman–Crippen MR) is 149 cm³/mol. The Morgan fingerprint density at radius 1 is 1.00 bits per heavy atom. The summed E-state index contributed by atoms with van der Waals surface area (Å²) in [6, 6.07) is 16.1. The Morgan fingerprint density at radius 2 is 1.64 bits per heavy atom. The van der Waals surface area contributed by atoms with Crippen molar-refractivity contribution in [3.63, 3.8) is 0 Å². The molecule has 0 bridgehead atoms. The summed E-state index contributed by atoms with van der Waals surface area (Å²) in [5.41, 5.74) is 6.01. The fraction of sp³-hybridized carbons (Fsp3) is 0.231. The van der Waals surface area contributed by atoms with E-state index in [4.69, 9.17) is 23.2 Å². The lowest BCUT2D eigenvalue weighted by molar-refractivity contribution is -0.121. The van der Waals surface area contributed by atoms with Crippen molar-refractivity contribution in [1.29, 1.82) is 0 Å². The molecule has 0 aliphatic rings. The minimum atomic E-state index is -4.04. The molecule has 0 spiro atoms. The number of sulfonamides is 1. The third-order valence-corrected chi connectivity index (χ3v) is 8.96. The zero-order valence-corrected chi connectivity index (χ0v) is 23.5. The standard InChI is InChI=1S/C26H27Cl2N3O3S2/c1-17-11-18(2)26(19(3)12-17)36(33,34)31(15-21-7-10-23(27)24(28)13-21)16-25(32)30-29-14-20-5-8-22(35-4)9-6-20/h5-14H,15-16H2,1-4H3,(H,30,32)/b29-14+. The predicted octanol–water partition coefficient (Wildman–Crippen LogP) is 5.98. The van der Waals surface area contributed by atoms with Crippen LogP contribution in [0.2, 0.25) is 10.0 Å². The molecule has 3 aromatic rings. The van der Waals surface area contributed by atoms with E-state index in [2.05, 4.69) is 10.5 Å². The smallest absolute Gasteiger partial charge is 0.255 e. The number of benzene rings is 3. The van der Waals surface area contributed by atoms with Gasteiger partial charge in [-0.1, -0.05) is 59.1 Å². The number of hydrogen-bond acceptors (Lipinski definition) is 5. The average molecular weight is 565 g/mol. The lowest BCUT2D eigenvalue weighted by Crippen LogP contribution is -2.39. The minimum Gasteiger partial charge on any atom is -0.272 e. The quantitative estimate of drug-likeness (QED) is 0.197. The van der Waals surface area contributed by atoms with Crippen LogP contribution in [0.25, 0.3) is 0 Å². The van der Waals surface area contributed by atoms with E-state index in [1.807, 2.05) is 49.6 Å². The highest BCUT2D eigenvalue weighted by molar-refractivity contribution is 7.98. The van der Waals surface area contributed by atoms with Gasteiger partial charge in [0.1, 0.15) is 0 Å². The van der Waals surface area contributed by atoms with E-state index >= 15 is 0 Å². The lowest BCUT2D eigenvalue weighted by atomic mass is 10.1. The molecule has 0 aliphatic carbocycles. The van der Waals surface area contributed by atoms with Gasteiger partial charge < -0.3 is 0 Å². The summed E-state index contributed by atoms with van der Waals surface area (Å²) in [6.07, 6.45) is 3.49. The van der Waals surface area contributed by atoms with Crippen molar-refractivity contribution in [2.24, 2.45) is 5.10 Å². The molecule has 0 aliphatic heterocycles. The van der Waals surface area contributed by atoms with Crippen molar-refractivity contribution in [1.82, 2.24) is 9.73 Å². The molecule has 6 nitrogen and oxygen atoms in total. The molecule has 0 heterocycles. The third kappa shape index (κ3) is 7.11. The molecule has 0 atom stereocenters. The van der Waals surface area contributed by atoms with Crippen LogP contribution in [0.5, 0.6) is 0 Å². The van der Waals surface area contributed by atoms with Gasteiger partial charge in [-0.3, -0.25) is 4.79 Å². The van der Waals surface area contributed by atoms with Crippen LogP contribution in [-0.2, 0) is 21.4 Å². The molecule has 3 rings (SSSR count). The fourth-order valence-electron chi connectivity index (χ4n) is 3.83. The number of halogens is 2. The number of hydrazone groups is 1. The topological polar surface area (TPSA) is 78.8 Å². The summed E-state index contributed by atoms with van der Waals surface area (Å²) in [5.74, 6) is -0.571. The van der Waals surface area contributed by atoms with E-state index in [9.17, 15) is 13.2 Å². The molecule has 1 amide bonds. The van der Waals surface area contributed by atoms with E-state index in [1.165, 1.54) is 6.21 Å². The highest BCUT2D eigenvalue weighted by Gasteiger charge is 2.30. The molecular formula is C26H27Cl2N3O3S2. The summed E-state index contributed by atoms with van der Waals surface area (Å²) >= 11 is 13.8. The van der Waals surface area contributed by atoms with Gasteiger partial charge in [0.05, 0.1) is 27.7 Å². The highest BCUT2D eigenvalue weighted by atomic mass is 35.5. The summed E-state index contributed by atoms with van der Waals surface area (Å²) in [6.45, 7) is 4.90. The van der Waals surface area contributed by atoms with Crippen LogP contribution in [0.15, 0.2) is 69.5 Å². The SMILES string of the molecule is CSc1ccc(/C=N/NC(=O)CN(Cc2ccc(Cl)c(Cl)c2)S(=O)(=O)c2c(C)cc(C)cc2C)cc1. The Kier molecular flexibility index (Phi) is 9.60. The van der Waals surface area contributed by atoms with E-state index < -0.39 is 22.5 Å². The molecule has 190 valence electrons. The normalized spacial score (nSPS) is 11.9. The minimum absolute atomic E-state index is 0.0702. The van der Waals surface area contributed by atoms with Crippen molar-refractivity contribution in [2.45, 2.75) is 37.1 Å². The second-order valence-corrected chi connectivity index (χ2v) is 11.9. The van der Waals surface area contributed by atoms with Gasteiger partial charge in [0.2, 0.25) is 10.0 Å². The molecule has 0 aromatic heterocycles. The van der Waals surface area contributed by atoms with Crippen molar-refractivity contribution in [3.05, 3.63) is 92.5 Å². The number of nitrogens with one attached hydrogen (secondary N) is 1. The van der Waals surface area contributed by atoms with Crippen LogP contribution in [-0.4, -0.2) is 37.6 Å². The summed E-state index contributed by atoms with van der Waals surface area (Å²) in [4.78, 5) is 14.1. The molecule has 0 fully saturated rings. The molecule has 0 saturated carbocycles. The maximum absolute atomic E-state index is 13.8. The largest absolute Gasteiger partial charge is 0.272 e. The Balaban J connectivity index is 1.87. The van der Waals surface area contributed by atoms with Crippen molar-refractivity contribution in [2.75, 3.05) is 12.8 Å². The Hall–Kier alpha value is -2.36. The van der Waals surface area contributed by atoms with Crippen LogP contribution in [0.4, 0.5) is 0 Å². The van der Waals surface area contributed by atoms with Crippen LogP contribution in [0.1, 0.15) is 27.8 Å². The number of rotatable bonds is 9. The number of aryl methyl sites for hydroxylation is 3. The van der Waals surface area contributed by atoms with Crippen molar-refractivity contribution in [3.8, 4) is 0 Å². The monoisotopic (exact) mass is 563 g/mol. The molecule has 10 heteroatoms. The first-order valence-electron chi connectivity index (χ1n) is 11.0. The summed E-state index contributed by atoms with van der Waals surface area (Å²) in [7, 11) is -4.04. The number of carbonyl (C=O) groups is 1. The number of carbonyl (C=O) groups excluding carboxylic acids is 1. The number of nitrogens with zero attached hydrogens (tertiary/aromatic N) is 2. The van der Waals surface area contributed by atoms with Gasteiger partial charge in [0, 0.05) is 11.4 Å². The highest BCUT2D eigenvalue weighted by Crippen LogP contribution is 2.28. The number of hydrogen-bond donors (Lipinski definition) is 1. The molecule has 0 radical (unpaired) electrons. The van der Waals surface area contributed by atoms with Gasteiger partial charge >= 0.3 is 0 Å². The fourth-order valence-corrected chi connectivity index (χ4v) is 6.36. The van der Waals surface area contributed by atoms with Gasteiger partial charge in [-0.25, -0.2) is 13.8 Å². The first-order chi connectivity index (χ1) is 17.0. The molecule has 36 heavy (non-hydrogen) atoms. The zero-order valence-electron chi connectivity index (χ0n) is 20.4.